The minimum absolute atomic E-state index is 0.0115. The van der Waals surface area contributed by atoms with Crippen LogP contribution in [-0.2, 0) is 28.5 Å². The maximum atomic E-state index is 12.5. The van der Waals surface area contributed by atoms with E-state index in [0.29, 0.717) is 38.7 Å². The summed E-state index contributed by atoms with van der Waals surface area (Å²) in [6.45, 7) is 5.78. The highest BCUT2D eigenvalue weighted by molar-refractivity contribution is 5.85. The van der Waals surface area contributed by atoms with Gasteiger partial charge in [-0.3, -0.25) is 4.79 Å². The Labute approximate surface area is 240 Å². The summed E-state index contributed by atoms with van der Waals surface area (Å²) in [7, 11) is 0. The molecule has 4 aliphatic carbocycles. The van der Waals surface area contributed by atoms with Crippen molar-refractivity contribution in [3.63, 3.8) is 0 Å². The average Bonchev–Trinajstić information content (AvgIpc) is 3.48. The predicted molar refractivity (Wildman–Crippen MR) is 144 cm³/mol. The van der Waals surface area contributed by atoms with Gasteiger partial charge < -0.3 is 39.4 Å². The lowest BCUT2D eigenvalue weighted by atomic mass is 9.45. The lowest BCUT2D eigenvalue weighted by Gasteiger charge is -2.62. The molecular formula is C31H44O10. The highest BCUT2D eigenvalue weighted by Crippen LogP contribution is 2.69. The molecule has 0 aromatic rings. The van der Waals surface area contributed by atoms with Crippen molar-refractivity contribution in [3.05, 3.63) is 23.3 Å². The summed E-state index contributed by atoms with van der Waals surface area (Å²) >= 11 is 0. The van der Waals surface area contributed by atoms with Crippen LogP contribution in [0.25, 0.3) is 0 Å². The standard InChI is InChI=1S/C31H44O10/c1-16-25(34)26(35)27(36)28(40-16)41-20-6-10-30(15-39-17(2)32)19(13-20)4-5-23-22(30)7-9-29(3)21(8-11-31(23,29)37)18-12-24(33)38-14-18/h4,12,16,20-23,25-28,34-37H,5-11,13-15H2,1-3H3/t16?,20-,21+,22-,23+,25+,26?,27-,28-,29+,30+,31-/m0/s1. The van der Waals surface area contributed by atoms with Crippen LogP contribution in [0.3, 0.4) is 0 Å². The summed E-state index contributed by atoms with van der Waals surface area (Å²) < 4.78 is 22.9. The number of carbonyl (C=O) groups is 2. The first-order chi connectivity index (χ1) is 19.4. The first kappa shape index (κ1) is 29.3. The smallest absolute Gasteiger partial charge is 0.331 e. The Hall–Kier alpha value is -1.82. The van der Waals surface area contributed by atoms with Crippen molar-refractivity contribution >= 4 is 11.9 Å². The fraction of sp³-hybridized carbons (Fsp3) is 0.806. The van der Waals surface area contributed by atoms with Gasteiger partial charge in [0.1, 0.15) is 31.5 Å². The van der Waals surface area contributed by atoms with Gasteiger partial charge >= 0.3 is 11.9 Å². The first-order valence-corrected chi connectivity index (χ1v) is 15.2. The van der Waals surface area contributed by atoms with Gasteiger partial charge in [0.25, 0.3) is 0 Å². The van der Waals surface area contributed by atoms with E-state index in [1.54, 1.807) is 13.0 Å². The topological polar surface area (TPSA) is 152 Å². The monoisotopic (exact) mass is 576 g/mol. The van der Waals surface area contributed by atoms with E-state index < -0.39 is 41.7 Å². The number of allylic oxidation sites excluding steroid dienone is 1. The van der Waals surface area contributed by atoms with E-state index in [4.69, 9.17) is 18.9 Å². The van der Waals surface area contributed by atoms with Crippen molar-refractivity contribution in [1.29, 1.82) is 0 Å². The lowest BCUT2D eigenvalue weighted by molar-refractivity contribution is -0.306. The van der Waals surface area contributed by atoms with Gasteiger partial charge in [-0.15, -0.1) is 0 Å². The Kier molecular flexibility index (Phi) is 7.43. The Balaban J connectivity index is 1.26. The predicted octanol–water partition coefficient (Wildman–Crippen LogP) is 1.92. The minimum atomic E-state index is -1.37. The highest BCUT2D eigenvalue weighted by Gasteiger charge is 2.67. The van der Waals surface area contributed by atoms with E-state index in [9.17, 15) is 30.0 Å². The molecule has 3 saturated carbocycles. The molecule has 1 saturated heterocycles. The molecule has 4 N–H and O–H groups in total. The molecule has 41 heavy (non-hydrogen) atoms. The van der Waals surface area contributed by atoms with Crippen molar-refractivity contribution in [3.8, 4) is 0 Å². The summed E-state index contributed by atoms with van der Waals surface area (Å²) in [5.41, 5.74) is 0.418. The summed E-state index contributed by atoms with van der Waals surface area (Å²) in [5.74, 6) is -0.440. The van der Waals surface area contributed by atoms with E-state index in [1.165, 1.54) is 6.92 Å². The van der Waals surface area contributed by atoms with E-state index in [2.05, 4.69) is 13.0 Å². The fourth-order valence-corrected chi connectivity index (χ4v) is 9.51. The zero-order chi connectivity index (χ0) is 29.3. The van der Waals surface area contributed by atoms with Gasteiger partial charge in [-0.05, 0) is 81.6 Å². The SMILES string of the molecule is CC(=O)OC[C@]12CC[C@H](O[C@@H]3OC(C)[C@@H](O)C(O)[C@@H]3O)CC1=CC[C@@H]1[C@@H]2CC[C@]2(C)[C@@H](C3=CC(=O)OC3)CC[C@]12O. The molecule has 2 aliphatic heterocycles. The van der Waals surface area contributed by atoms with Crippen LogP contribution in [0.1, 0.15) is 72.1 Å². The second kappa shape index (κ2) is 10.4. The van der Waals surface area contributed by atoms with Crippen molar-refractivity contribution < 1.29 is 49.0 Å². The molecule has 228 valence electrons. The zero-order valence-corrected chi connectivity index (χ0v) is 24.2. The minimum Gasteiger partial charge on any atom is -0.465 e. The van der Waals surface area contributed by atoms with Crippen LogP contribution >= 0.6 is 0 Å². The van der Waals surface area contributed by atoms with Crippen LogP contribution in [0.15, 0.2) is 23.3 Å². The van der Waals surface area contributed by atoms with Crippen LogP contribution in [0.2, 0.25) is 0 Å². The molecule has 0 aromatic carbocycles. The molecule has 10 heteroatoms. The van der Waals surface area contributed by atoms with Gasteiger partial charge in [0.05, 0.1) is 17.8 Å². The molecule has 6 rings (SSSR count). The number of rotatable bonds is 5. The van der Waals surface area contributed by atoms with Crippen LogP contribution < -0.4 is 0 Å². The fourth-order valence-electron chi connectivity index (χ4n) is 9.51. The number of esters is 2. The Morgan fingerprint density at radius 3 is 2.56 bits per heavy atom. The largest absolute Gasteiger partial charge is 0.465 e. The number of aliphatic hydroxyl groups excluding tert-OH is 3. The van der Waals surface area contributed by atoms with Gasteiger partial charge in [-0.2, -0.15) is 0 Å². The normalized spacial score (nSPS) is 49.2. The average molecular weight is 577 g/mol. The first-order valence-electron chi connectivity index (χ1n) is 15.2. The molecule has 2 heterocycles. The number of cyclic esters (lactones) is 1. The van der Waals surface area contributed by atoms with Gasteiger partial charge in [0.15, 0.2) is 6.29 Å². The third kappa shape index (κ3) is 4.52. The molecule has 10 nitrogen and oxygen atoms in total. The summed E-state index contributed by atoms with van der Waals surface area (Å²) in [6.07, 6.45) is 3.60. The van der Waals surface area contributed by atoms with Crippen LogP contribution in [0, 0.1) is 28.6 Å². The molecule has 0 spiro atoms. The molecule has 0 amide bonds. The number of aliphatic hydroxyl groups is 4. The summed E-state index contributed by atoms with van der Waals surface area (Å²) in [6, 6.07) is 0. The molecule has 0 bridgehead atoms. The van der Waals surface area contributed by atoms with Gasteiger partial charge in [-0.1, -0.05) is 18.6 Å². The Bertz CT molecular complexity index is 1130. The second-order valence-corrected chi connectivity index (χ2v) is 13.6. The number of carbonyl (C=O) groups excluding carboxylic acids is 2. The van der Waals surface area contributed by atoms with E-state index in [1.807, 2.05) is 0 Å². The van der Waals surface area contributed by atoms with Crippen molar-refractivity contribution in [1.82, 2.24) is 0 Å². The molecule has 0 aromatic heterocycles. The summed E-state index contributed by atoms with van der Waals surface area (Å²) in [4.78, 5) is 23.9. The van der Waals surface area contributed by atoms with Crippen molar-refractivity contribution in [2.75, 3.05) is 13.2 Å². The van der Waals surface area contributed by atoms with Gasteiger partial charge in [0.2, 0.25) is 0 Å². The maximum Gasteiger partial charge on any atom is 0.331 e. The lowest BCUT2D eigenvalue weighted by Crippen LogP contribution is -2.62. The molecule has 0 radical (unpaired) electrons. The van der Waals surface area contributed by atoms with Gasteiger partial charge in [0, 0.05) is 23.8 Å². The number of fused-ring (bicyclic) bond motifs is 5. The second-order valence-electron chi connectivity index (χ2n) is 13.6. The molecule has 4 fully saturated rings. The zero-order valence-electron chi connectivity index (χ0n) is 24.2. The van der Waals surface area contributed by atoms with Crippen LogP contribution in [0.4, 0.5) is 0 Å². The third-order valence-corrected chi connectivity index (χ3v) is 11.8. The number of hydrogen-bond donors (Lipinski definition) is 4. The Morgan fingerprint density at radius 2 is 1.85 bits per heavy atom. The molecular weight excluding hydrogens is 532 g/mol. The quantitative estimate of drug-likeness (QED) is 0.282. The van der Waals surface area contributed by atoms with E-state index >= 15 is 0 Å². The third-order valence-electron chi connectivity index (χ3n) is 11.8. The Morgan fingerprint density at radius 1 is 1.07 bits per heavy atom. The highest BCUT2D eigenvalue weighted by atomic mass is 16.7. The van der Waals surface area contributed by atoms with E-state index in [-0.39, 0.29) is 47.8 Å². The van der Waals surface area contributed by atoms with Crippen molar-refractivity contribution in [2.45, 2.75) is 115 Å². The number of hydrogen-bond acceptors (Lipinski definition) is 10. The molecule has 2 unspecified atom stereocenters. The molecule has 12 atom stereocenters. The van der Waals surface area contributed by atoms with Crippen LogP contribution in [0.5, 0.6) is 0 Å². The van der Waals surface area contributed by atoms with E-state index in [0.717, 1.165) is 30.4 Å². The number of ether oxygens (including phenoxy) is 4. The summed E-state index contributed by atoms with van der Waals surface area (Å²) in [5, 5.41) is 43.3. The van der Waals surface area contributed by atoms with Crippen molar-refractivity contribution in [2.24, 2.45) is 28.6 Å². The van der Waals surface area contributed by atoms with Crippen LogP contribution in [-0.4, -0.2) is 88.0 Å². The maximum absolute atomic E-state index is 12.5. The van der Waals surface area contributed by atoms with Gasteiger partial charge in [-0.25, -0.2) is 4.79 Å². The molecule has 6 aliphatic rings.